The molecule has 0 spiro atoms. The summed E-state index contributed by atoms with van der Waals surface area (Å²) in [6, 6.07) is 3.50. The Labute approximate surface area is 99.5 Å². The Bertz CT molecular complexity index is 515. The molecule has 7 heteroatoms. The minimum atomic E-state index is -3.53. The van der Waals surface area contributed by atoms with Crippen LogP contribution in [0.15, 0.2) is 24.5 Å². The summed E-state index contributed by atoms with van der Waals surface area (Å²) in [7, 11) is -3.53. The van der Waals surface area contributed by atoms with Gasteiger partial charge >= 0.3 is 0 Å². The van der Waals surface area contributed by atoms with E-state index in [1.807, 2.05) is 0 Å². The van der Waals surface area contributed by atoms with Crippen LogP contribution in [0.4, 0.5) is 5.69 Å². The predicted molar refractivity (Wildman–Crippen MR) is 62.7 cm³/mol. The number of hydrogen-bond acceptors (Lipinski definition) is 4. The van der Waals surface area contributed by atoms with Crippen LogP contribution < -0.4 is 10.0 Å². The number of aromatic nitrogens is 1. The van der Waals surface area contributed by atoms with Gasteiger partial charge in [-0.25, -0.2) is 13.6 Å². The van der Waals surface area contributed by atoms with E-state index in [-0.39, 0.29) is 24.0 Å². The van der Waals surface area contributed by atoms with Crippen molar-refractivity contribution in [1.82, 2.24) is 4.98 Å². The van der Waals surface area contributed by atoms with E-state index in [1.54, 1.807) is 29.4 Å². The number of anilines is 1. The molecular formula is C10H13N3O3S. The lowest BCUT2D eigenvalue weighted by atomic mass is 10.1. The van der Waals surface area contributed by atoms with Gasteiger partial charge in [0.1, 0.15) is 0 Å². The highest BCUT2D eigenvalue weighted by atomic mass is 32.2. The zero-order valence-electron chi connectivity index (χ0n) is 9.11. The van der Waals surface area contributed by atoms with Crippen LogP contribution in [0, 0.1) is 5.92 Å². The SMILES string of the molecule is NS(=O)(=O)CC1CC(=O)N(c2cccnc2)C1. The number of rotatable bonds is 3. The maximum atomic E-state index is 11.7. The van der Waals surface area contributed by atoms with Crippen LogP contribution >= 0.6 is 0 Å². The Balaban J connectivity index is 2.11. The summed E-state index contributed by atoms with van der Waals surface area (Å²) in [5, 5.41) is 4.97. The van der Waals surface area contributed by atoms with Gasteiger partial charge in [-0.15, -0.1) is 0 Å². The van der Waals surface area contributed by atoms with Crippen LogP contribution in [0.2, 0.25) is 0 Å². The fourth-order valence-electron chi connectivity index (χ4n) is 1.98. The second kappa shape index (κ2) is 4.42. The van der Waals surface area contributed by atoms with Gasteiger partial charge in [0.15, 0.2) is 0 Å². The summed E-state index contributed by atoms with van der Waals surface area (Å²) < 4.78 is 21.9. The van der Waals surface area contributed by atoms with E-state index in [1.165, 1.54) is 0 Å². The Morgan fingerprint density at radius 1 is 1.53 bits per heavy atom. The molecule has 92 valence electrons. The number of sulfonamides is 1. The van der Waals surface area contributed by atoms with Crippen molar-refractivity contribution in [3.63, 3.8) is 0 Å². The minimum absolute atomic E-state index is 0.0911. The summed E-state index contributed by atoms with van der Waals surface area (Å²) in [5.41, 5.74) is 0.689. The van der Waals surface area contributed by atoms with Crippen molar-refractivity contribution in [1.29, 1.82) is 0 Å². The first-order valence-electron chi connectivity index (χ1n) is 5.16. The molecule has 2 rings (SSSR count). The fraction of sp³-hybridized carbons (Fsp3) is 0.400. The van der Waals surface area contributed by atoms with Crippen molar-refractivity contribution in [2.45, 2.75) is 6.42 Å². The van der Waals surface area contributed by atoms with Crippen molar-refractivity contribution >= 4 is 21.6 Å². The molecule has 0 aliphatic carbocycles. The molecule has 0 bridgehead atoms. The van der Waals surface area contributed by atoms with Crippen LogP contribution in [0.5, 0.6) is 0 Å². The number of pyridine rings is 1. The Morgan fingerprint density at radius 3 is 2.88 bits per heavy atom. The molecule has 2 heterocycles. The van der Waals surface area contributed by atoms with E-state index >= 15 is 0 Å². The van der Waals surface area contributed by atoms with Gasteiger partial charge in [0.05, 0.1) is 17.6 Å². The van der Waals surface area contributed by atoms with Crippen molar-refractivity contribution < 1.29 is 13.2 Å². The van der Waals surface area contributed by atoms with E-state index < -0.39 is 10.0 Å². The second-order valence-electron chi connectivity index (χ2n) is 4.12. The molecule has 0 radical (unpaired) electrons. The number of carbonyl (C=O) groups is 1. The van der Waals surface area contributed by atoms with Crippen LogP contribution in [-0.4, -0.2) is 31.6 Å². The zero-order chi connectivity index (χ0) is 12.5. The van der Waals surface area contributed by atoms with Crippen molar-refractivity contribution in [3.05, 3.63) is 24.5 Å². The van der Waals surface area contributed by atoms with E-state index in [2.05, 4.69) is 4.98 Å². The fourth-order valence-corrected chi connectivity index (χ4v) is 2.87. The smallest absolute Gasteiger partial charge is 0.227 e. The van der Waals surface area contributed by atoms with Crippen LogP contribution in [-0.2, 0) is 14.8 Å². The van der Waals surface area contributed by atoms with E-state index in [0.29, 0.717) is 12.2 Å². The van der Waals surface area contributed by atoms with E-state index in [0.717, 1.165) is 0 Å². The van der Waals surface area contributed by atoms with E-state index in [4.69, 9.17) is 5.14 Å². The molecule has 6 nitrogen and oxygen atoms in total. The molecule has 0 aromatic carbocycles. The lowest BCUT2D eigenvalue weighted by molar-refractivity contribution is -0.117. The van der Waals surface area contributed by atoms with Gasteiger partial charge < -0.3 is 4.90 Å². The number of primary sulfonamides is 1. The Kier molecular flexibility index (Phi) is 3.12. The molecular weight excluding hydrogens is 242 g/mol. The van der Waals surface area contributed by atoms with Crippen molar-refractivity contribution in [2.75, 3.05) is 17.2 Å². The number of hydrogen-bond donors (Lipinski definition) is 1. The third-order valence-corrected chi connectivity index (χ3v) is 3.57. The minimum Gasteiger partial charge on any atom is -0.311 e. The molecule has 2 N–H and O–H groups in total. The summed E-state index contributed by atoms with van der Waals surface area (Å²) in [6.45, 7) is 0.376. The largest absolute Gasteiger partial charge is 0.311 e. The van der Waals surface area contributed by atoms with Gasteiger partial charge in [-0.05, 0) is 12.1 Å². The first-order chi connectivity index (χ1) is 7.96. The molecule has 1 fully saturated rings. The van der Waals surface area contributed by atoms with Crippen LogP contribution in [0.3, 0.4) is 0 Å². The van der Waals surface area contributed by atoms with Gasteiger partial charge in [0.2, 0.25) is 15.9 Å². The lowest BCUT2D eigenvalue weighted by Crippen LogP contribution is -2.27. The lowest BCUT2D eigenvalue weighted by Gasteiger charge is -2.15. The maximum Gasteiger partial charge on any atom is 0.227 e. The normalized spacial score (nSPS) is 20.9. The average molecular weight is 255 g/mol. The van der Waals surface area contributed by atoms with Crippen molar-refractivity contribution in [2.24, 2.45) is 11.1 Å². The first kappa shape index (κ1) is 12.0. The summed E-state index contributed by atoms with van der Waals surface area (Å²) in [5.74, 6) is -0.487. The monoisotopic (exact) mass is 255 g/mol. The highest BCUT2D eigenvalue weighted by Crippen LogP contribution is 2.24. The molecule has 1 saturated heterocycles. The molecule has 1 aromatic rings. The summed E-state index contributed by atoms with van der Waals surface area (Å²) >= 11 is 0. The summed E-state index contributed by atoms with van der Waals surface area (Å²) in [4.78, 5) is 17.2. The summed E-state index contributed by atoms with van der Waals surface area (Å²) in [6.07, 6.45) is 3.41. The van der Waals surface area contributed by atoms with Gasteiger partial charge in [0.25, 0.3) is 0 Å². The number of amides is 1. The van der Waals surface area contributed by atoms with Gasteiger partial charge in [-0.3, -0.25) is 9.78 Å². The van der Waals surface area contributed by atoms with E-state index in [9.17, 15) is 13.2 Å². The van der Waals surface area contributed by atoms with Gasteiger partial charge in [0, 0.05) is 25.1 Å². The highest BCUT2D eigenvalue weighted by Gasteiger charge is 2.32. The van der Waals surface area contributed by atoms with Crippen LogP contribution in [0.25, 0.3) is 0 Å². The molecule has 1 aromatic heterocycles. The third-order valence-electron chi connectivity index (χ3n) is 2.63. The molecule has 0 saturated carbocycles. The predicted octanol–water partition coefficient (Wildman–Crippen LogP) is -0.277. The average Bonchev–Trinajstić information content (AvgIpc) is 2.58. The highest BCUT2D eigenvalue weighted by molar-refractivity contribution is 7.89. The molecule has 1 aliphatic heterocycles. The molecule has 1 unspecified atom stereocenters. The van der Waals surface area contributed by atoms with Gasteiger partial charge in [-0.2, -0.15) is 0 Å². The third kappa shape index (κ3) is 3.01. The zero-order valence-corrected chi connectivity index (χ0v) is 9.93. The molecule has 1 amide bonds. The topological polar surface area (TPSA) is 93.4 Å². The number of carbonyl (C=O) groups excluding carboxylic acids is 1. The first-order valence-corrected chi connectivity index (χ1v) is 6.88. The maximum absolute atomic E-state index is 11.7. The standard InChI is InChI=1S/C10H13N3O3S/c11-17(15,16)7-8-4-10(14)13(6-8)9-2-1-3-12-5-9/h1-3,5,8H,4,6-7H2,(H2,11,15,16). The second-order valence-corrected chi connectivity index (χ2v) is 5.77. The molecule has 1 atom stereocenters. The molecule has 17 heavy (non-hydrogen) atoms. The van der Waals surface area contributed by atoms with Crippen molar-refractivity contribution in [3.8, 4) is 0 Å². The quantitative estimate of drug-likeness (QED) is 0.804. The number of nitrogens with two attached hydrogens (primary N) is 1. The van der Waals surface area contributed by atoms with Crippen LogP contribution in [0.1, 0.15) is 6.42 Å². The Hall–Kier alpha value is -1.47. The molecule has 1 aliphatic rings. The van der Waals surface area contributed by atoms with Gasteiger partial charge in [-0.1, -0.05) is 0 Å². The number of nitrogens with zero attached hydrogens (tertiary/aromatic N) is 2. The Morgan fingerprint density at radius 2 is 2.29 bits per heavy atom.